The molecule has 0 fully saturated rings. The van der Waals surface area contributed by atoms with Crippen LogP contribution in [0.25, 0.3) is 16.7 Å². The lowest BCUT2D eigenvalue weighted by Crippen LogP contribution is -2.15. The molecule has 0 saturated heterocycles. The van der Waals surface area contributed by atoms with E-state index >= 15 is 0 Å². The summed E-state index contributed by atoms with van der Waals surface area (Å²) in [6.45, 7) is 2.48. The Hall–Kier alpha value is -2.52. The Morgan fingerprint density at radius 2 is 1.93 bits per heavy atom. The van der Waals surface area contributed by atoms with Gasteiger partial charge < -0.3 is 4.57 Å². The van der Waals surface area contributed by atoms with Crippen molar-refractivity contribution in [2.24, 2.45) is 0 Å². The molecule has 0 radical (unpaired) electrons. The monoisotopic (exact) mass is 452 g/mol. The van der Waals surface area contributed by atoms with Gasteiger partial charge in [-0.15, -0.1) is 0 Å². The molecule has 156 valence electrons. The molecule has 0 bridgehead atoms. The first-order chi connectivity index (χ1) is 14.3. The highest BCUT2D eigenvalue weighted by molar-refractivity contribution is 7.98. The standard InChI is InChI=1S/C20H16ClF3N4OS/c1-2-7-27-16-8-12(20(22,23)24)3-5-15(16)26-19(27)30-11-14-9-18(29)28-10-13(21)4-6-17(28)25-14/h3-6,8-10H,2,7,11H2,1H3. The van der Waals surface area contributed by atoms with Crippen molar-refractivity contribution in [3.05, 3.63) is 69.2 Å². The van der Waals surface area contributed by atoms with Gasteiger partial charge >= 0.3 is 6.18 Å². The highest BCUT2D eigenvalue weighted by Crippen LogP contribution is 2.33. The van der Waals surface area contributed by atoms with Crippen LogP contribution in [0.1, 0.15) is 24.6 Å². The summed E-state index contributed by atoms with van der Waals surface area (Å²) in [6, 6.07) is 8.29. The van der Waals surface area contributed by atoms with Crippen molar-refractivity contribution < 1.29 is 13.2 Å². The third kappa shape index (κ3) is 4.04. The first-order valence-electron chi connectivity index (χ1n) is 9.14. The average Bonchev–Trinajstić information content (AvgIpc) is 3.03. The zero-order valence-electron chi connectivity index (χ0n) is 15.8. The molecule has 0 saturated carbocycles. The van der Waals surface area contributed by atoms with E-state index in [1.165, 1.54) is 34.5 Å². The summed E-state index contributed by atoms with van der Waals surface area (Å²) in [5.41, 5.74) is 1.01. The molecule has 0 aliphatic rings. The lowest BCUT2D eigenvalue weighted by molar-refractivity contribution is -0.137. The van der Waals surface area contributed by atoms with Gasteiger partial charge in [-0.2, -0.15) is 13.2 Å². The molecule has 0 N–H and O–H groups in total. The number of halogens is 4. The average molecular weight is 453 g/mol. The number of thioether (sulfide) groups is 1. The molecule has 5 nitrogen and oxygen atoms in total. The predicted molar refractivity (Wildman–Crippen MR) is 111 cm³/mol. The van der Waals surface area contributed by atoms with E-state index in [9.17, 15) is 18.0 Å². The van der Waals surface area contributed by atoms with Crippen LogP contribution in [0.4, 0.5) is 13.2 Å². The Morgan fingerprint density at radius 1 is 1.13 bits per heavy atom. The summed E-state index contributed by atoms with van der Waals surface area (Å²) >= 11 is 7.26. The minimum atomic E-state index is -4.41. The lowest BCUT2D eigenvalue weighted by atomic mass is 10.2. The number of fused-ring (bicyclic) bond motifs is 2. The minimum Gasteiger partial charge on any atom is -0.319 e. The smallest absolute Gasteiger partial charge is 0.319 e. The molecule has 0 atom stereocenters. The van der Waals surface area contributed by atoms with E-state index in [4.69, 9.17) is 11.6 Å². The SMILES string of the molecule is CCCn1c(SCc2cc(=O)n3cc(Cl)ccc3n2)nc2ccc(C(F)(F)F)cc21. The molecule has 30 heavy (non-hydrogen) atoms. The third-order valence-corrected chi connectivity index (χ3v) is 5.75. The molecule has 3 heterocycles. The van der Waals surface area contributed by atoms with E-state index in [0.29, 0.717) is 44.9 Å². The van der Waals surface area contributed by atoms with Crippen LogP contribution in [0.5, 0.6) is 0 Å². The van der Waals surface area contributed by atoms with Gasteiger partial charge in [0.1, 0.15) is 5.65 Å². The maximum Gasteiger partial charge on any atom is 0.416 e. The molecular weight excluding hydrogens is 437 g/mol. The molecule has 4 rings (SSSR count). The van der Waals surface area contributed by atoms with Crippen LogP contribution in [0, 0.1) is 0 Å². The molecule has 0 unspecified atom stereocenters. The van der Waals surface area contributed by atoms with Gasteiger partial charge in [-0.05, 0) is 36.8 Å². The number of rotatable bonds is 5. The molecular formula is C20H16ClF3N4OS. The Kier molecular flexibility index (Phi) is 5.50. The Morgan fingerprint density at radius 3 is 2.67 bits per heavy atom. The van der Waals surface area contributed by atoms with E-state index in [0.717, 1.165) is 18.6 Å². The van der Waals surface area contributed by atoms with Crippen LogP contribution in [0.3, 0.4) is 0 Å². The van der Waals surface area contributed by atoms with Crippen molar-refractivity contribution in [3.63, 3.8) is 0 Å². The number of aryl methyl sites for hydroxylation is 1. The number of hydrogen-bond acceptors (Lipinski definition) is 4. The number of hydrogen-bond donors (Lipinski definition) is 0. The van der Waals surface area contributed by atoms with Crippen LogP contribution < -0.4 is 5.56 Å². The summed E-state index contributed by atoms with van der Waals surface area (Å²) in [6.07, 6.45) is -2.17. The fourth-order valence-corrected chi connectivity index (χ4v) is 4.26. The van der Waals surface area contributed by atoms with Gasteiger partial charge in [-0.25, -0.2) is 9.97 Å². The van der Waals surface area contributed by atoms with E-state index in [-0.39, 0.29) is 5.56 Å². The Labute approximate surface area is 178 Å². The Balaban J connectivity index is 1.68. The summed E-state index contributed by atoms with van der Waals surface area (Å²) in [7, 11) is 0. The summed E-state index contributed by atoms with van der Waals surface area (Å²) in [5.74, 6) is 0.355. The summed E-state index contributed by atoms with van der Waals surface area (Å²) < 4.78 is 42.5. The topological polar surface area (TPSA) is 52.2 Å². The van der Waals surface area contributed by atoms with Gasteiger partial charge in [0.05, 0.1) is 27.3 Å². The number of benzene rings is 1. The second kappa shape index (κ2) is 7.96. The summed E-state index contributed by atoms with van der Waals surface area (Å²) in [4.78, 5) is 21.3. The molecule has 0 aliphatic heterocycles. The van der Waals surface area contributed by atoms with Crippen molar-refractivity contribution >= 4 is 40.0 Å². The van der Waals surface area contributed by atoms with Crippen LogP contribution >= 0.6 is 23.4 Å². The number of imidazole rings is 1. The maximum atomic E-state index is 13.1. The summed E-state index contributed by atoms with van der Waals surface area (Å²) in [5, 5.41) is 1.02. The number of nitrogens with zero attached hydrogens (tertiary/aromatic N) is 4. The highest BCUT2D eigenvalue weighted by Gasteiger charge is 2.31. The molecule has 0 aliphatic carbocycles. The van der Waals surface area contributed by atoms with Crippen LogP contribution in [0.15, 0.2) is 52.5 Å². The van der Waals surface area contributed by atoms with Crippen molar-refractivity contribution in [2.75, 3.05) is 0 Å². The Bertz CT molecular complexity index is 1300. The third-order valence-electron chi connectivity index (χ3n) is 4.51. The molecule has 0 amide bonds. The van der Waals surface area contributed by atoms with Gasteiger partial charge in [0, 0.05) is 24.6 Å². The zero-order valence-corrected chi connectivity index (χ0v) is 17.4. The largest absolute Gasteiger partial charge is 0.416 e. The second-order valence-corrected chi connectivity index (χ2v) is 8.08. The number of pyridine rings is 1. The van der Waals surface area contributed by atoms with E-state index in [2.05, 4.69) is 9.97 Å². The van der Waals surface area contributed by atoms with Gasteiger partial charge in [0.25, 0.3) is 5.56 Å². The van der Waals surface area contributed by atoms with Crippen molar-refractivity contribution in [1.29, 1.82) is 0 Å². The molecule has 4 aromatic rings. The van der Waals surface area contributed by atoms with Gasteiger partial charge in [0.2, 0.25) is 0 Å². The van der Waals surface area contributed by atoms with Crippen molar-refractivity contribution in [3.8, 4) is 0 Å². The van der Waals surface area contributed by atoms with Crippen LogP contribution in [0.2, 0.25) is 5.02 Å². The quantitative estimate of drug-likeness (QED) is 0.379. The number of alkyl halides is 3. The molecule has 0 spiro atoms. The second-order valence-electron chi connectivity index (χ2n) is 6.70. The van der Waals surface area contributed by atoms with Gasteiger partial charge in [-0.3, -0.25) is 9.20 Å². The van der Waals surface area contributed by atoms with Gasteiger partial charge in [0.15, 0.2) is 5.16 Å². The number of aromatic nitrogens is 4. The maximum absolute atomic E-state index is 13.1. The molecule has 10 heteroatoms. The van der Waals surface area contributed by atoms with E-state index < -0.39 is 11.7 Å². The first-order valence-corrected chi connectivity index (χ1v) is 10.5. The molecule has 1 aromatic carbocycles. The normalized spacial score (nSPS) is 12.2. The van der Waals surface area contributed by atoms with Crippen molar-refractivity contribution in [1.82, 2.24) is 18.9 Å². The highest BCUT2D eigenvalue weighted by atomic mass is 35.5. The van der Waals surface area contributed by atoms with Crippen LogP contribution in [-0.4, -0.2) is 18.9 Å². The van der Waals surface area contributed by atoms with Gasteiger partial charge in [-0.1, -0.05) is 30.3 Å². The van der Waals surface area contributed by atoms with Crippen LogP contribution in [-0.2, 0) is 18.5 Å². The van der Waals surface area contributed by atoms with E-state index in [1.54, 1.807) is 16.7 Å². The van der Waals surface area contributed by atoms with Crippen molar-refractivity contribution in [2.45, 2.75) is 37.0 Å². The zero-order chi connectivity index (χ0) is 21.5. The first kappa shape index (κ1) is 20.7. The predicted octanol–water partition coefficient (Wildman–Crippen LogP) is 5.42. The lowest BCUT2D eigenvalue weighted by Gasteiger charge is -2.09. The fraction of sp³-hybridized carbons (Fsp3) is 0.250. The fourth-order valence-electron chi connectivity index (χ4n) is 3.17. The molecule has 3 aromatic heterocycles. The minimum absolute atomic E-state index is 0.255. The van der Waals surface area contributed by atoms with E-state index in [1.807, 2.05) is 6.92 Å².